The Kier molecular flexibility index (Phi) is 6.20. The molecule has 1 saturated heterocycles. The molecule has 0 radical (unpaired) electrons. The molecule has 6 nitrogen and oxygen atoms in total. The summed E-state index contributed by atoms with van der Waals surface area (Å²) in [5, 5.41) is 6.31. The first-order chi connectivity index (χ1) is 14.6. The van der Waals surface area contributed by atoms with E-state index in [9.17, 15) is 9.18 Å². The third-order valence-corrected chi connectivity index (χ3v) is 5.95. The zero-order chi connectivity index (χ0) is 21.0. The maximum atomic E-state index is 13.0. The van der Waals surface area contributed by atoms with E-state index in [1.807, 2.05) is 13.0 Å². The van der Waals surface area contributed by atoms with Crippen molar-refractivity contribution in [3.05, 3.63) is 59.4 Å². The average Bonchev–Trinajstić information content (AvgIpc) is 3.25. The quantitative estimate of drug-likeness (QED) is 0.729. The number of halogens is 1. The van der Waals surface area contributed by atoms with Crippen LogP contribution in [0.15, 0.2) is 42.5 Å². The molecule has 2 aliphatic rings. The number of rotatable bonds is 7. The van der Waals surface area contributed by atoms with Crippen LogP contribution in [0.5, 0.6) is 11.5 Å². The van der Waals surface area contributed by atoms with E-state index in [0.717, 1.165) is 29.9 Å². The van der Waals surface area contributed by atoms with Crippen molar-refractivity contribution in [3.63, 3.8) is 0 Å². The molecule has 1 fully saturated rings. The minimum atomic E-state index is -0.362. The average molecular weight is 414 g/mol. The summed E-state index contributed by atoms with van der Waals surface area (Å²) in [5.41, 5.74) is 1.89. The van der Waals surface area contributed by atoms with Gasteiger partial charge in [-0.2, -0.15) is 0 Å². The molecule has 0 spiro atoms. The van der Waals surface area contributed by atoms with Crippen LogP contribution < -0.4 is 20.1 Å². The number of nitrogens with one attached hydrogen (secondary N) is 2. The molecule has 1 atom stereocenters. The van der Waals surface area contributed by atoms with Crippen LogP contribution in [-0.2, 0) is 21.5 Å². The lowest BCUT2D eigenvalue weighted by Gasteiger charge is -2.38. The van der Waals surface area contributed by atoms with Crippen LogP contribution in [0.25, 0.3) is 0 Å². The monoisotopic (exact) mass is 414 g/mol. The SMILES string of the molecule is CC(NCC1(c2ccc3c(c2)OCO3)CCOCC1)C(=O)NCc1ccc(F)cc1. The van der Waals surface area contributed by atoms with E-state index in [1.54, 1.807) is 12.1 Å². The van der Waals surface area contributed by atoms with Crippen molar-refractivity contribution in [2.24, 2.45) is 0 Å². The summed E-state index contributed by atoms with van der Waals surface area (Å²) >= 11 is 0. The van der Waals surface area contributed by atoms with E-state index in [4.69, 9.17) is 14.2 Å². The van der Waals surface area contributed by atoms with E-state index in [-0.39, 0.29) is 30.0 Å². The Morgan fingerprint density at radius 2 is 1.83 bits per heavy atom. The van der Waals surface area contributed by atoms with Gasteiger partial charge in [0.1, 0.15) is 5.82 Å². The van der Waals surface area contributed by atoms with Crippen LogP contribution in [0.4, 0.5) is 4.39 Å². The number of hydrogen-bond donors (Lipinski definition) is 2. The van der Waals surface area contributed by atoms with Gasteiger partial charge in [-0.1, -0.05) is 18.2 Å². The van der Waals surface area contributed by atoms with Crippen LogP contribution in [0.2, 0.25) is 0 Å². The van der Waals surface area contributed by atoms with Crippen molar-refractivity contribution in [1.29, 1.82) is 0 Å². The van der Waals surface area contributed by atoms with Gasteiger partial charge in [0.05, 0.1) is 6.04 Å². The normalized spacial score (nSPS) is 18.1. The minimum Gasteiger partial charge on any atom is -0.454 e. The summed E-state index contributed by atoms with van der Waals surface area (Å²) in [6.07, 6.45) is 1.73. The second-order valence-electron chi connectivity index (χ2n) is 7.91. The highest BCUT2D eigenvalue weighted by molar-refractivity contribution is 5.81. The first-order valence-corrected chi connectivity index (χ1v) is 10.3. The Morgan fingerprint density at radius 3 is 2.60 bits per heavy atom. The van der Waals surface area contributed by atoms with Crippen molar-refractivity contribution in [1.82, 2.24) is 10.6 Å². The van der Waals surface area contributed by atoms with E-state index in [2.05, 4.69) is 22.8 Å². The first-order valence-electron chi connectivity index (χ1n) is 10.3. The predicted molar refractivity (Wildman–Crippen MR) is 110 cm³/mol. The number of hydrogen-bond acceptors (Lipinski definition) is 5. The smallest absolute Gasteiger partial charge is 0.237 e. The van der Waals surface area contributed by atoms with Gasteiger partial charge < -0.3 is 24.8 Å². The third kappa shape index (κ3) is 4.57. The molecule has 1 unspecified atom stereocenters. The zero-order valence-corrected chi connectivity index (χ0v) is 17.1. The summed E-state index contributed by atoms with van der Waals surface area (Å²) in [6.45, 7) is 4.49. The molecule has 2 heterocycles. The number of benzene rings is 2. The molecule has 2 N–H and O–H groups in total. The topological polar surface area (TPSA) is 68.8 Å². The highest BCUT2D eigenvalue weighted by atomic mass is 19.1. The summed E-state index contributed by atoms with van der Waals surface area (Å²) < 4.78 is 29.6. The van der Waals surface area contributed by atoms with Crippen LogP contribution >= 0.6 is 0 Å². The molecule has 7 heteroatoms. The number of ether oxygens (including phenoxy) is 3. The van der Waals surface area contributed by atoms with Gasteiger partial charge in [0.25, 0.3) is 0 Å². The fraction of sp³-hybridized carbons (Fsp3) is 0.435. The highest BCUT2D eigenvalue weighted by Gasteiger charge is 2.36. The molecule has 1 amide bonds. The number of amides is 1. The second-order valence-corrected chi connectivity index (χ2v) is 7.91. The molecular formula is C23H27FN2O4. The molecule has 2 aromatic carbocycles. The molecule has 0 aromatic heterocycles. The van der Waals surface area contributed by atoms with Crippen LogP contribution in [0.3, 0.4) is 0 Å². The largest absolute Gasteiger partial charge is 0.454 e. The van der Waals surface area contributed by atoms with Crippen molar-refractivity contribution in [3.8, 4) is 11.5 Å². The van der Waals surface area contributed by atoms with E-state index in [1.165, 1.54) is 17.7 Å². The number of carbonyl (C=O) groups excluding carboxylic acids is 1. The molecule has 2 aliphatic heterocycles. The summed E-state index contributed by atoms with van der Waals surface area (Å²) in [4.78, 5) is 12.5. The Hall–Kier alpha value is -2.64. The Balaban J connectivity index is 1.38. The van der Waals surface area contributed by atoms with Crippen LogP contribution in [-0.4, -0.2) is 38.5 Å². The molecular weight excluding hydrogens is 387 g/mol. The predicted octanol–water partition coefficient (Wildman–Crippen LogP) is 2.90. The Morgan fingerprint density at radius 1 is 1.10 bits per heavy atom. The summed E-state index contributed by atoms with van der Waals surface area (Å²) in [7, 11) is 0. The van der Waals surface area contributed by atoms with Gasteiger partial charge in [0.2, 0.25) is 12.7 Å². The van der Waals surface area contributed by atoms with Crippen molar-refractivity contribution < 1.29 is 23.4 Å². The zero-order valence-electron chi connectivity index (χ0n) is 17.1. The van der Waals surface area contributed by atoms with Crippen LogP contribution in [0.1, 0.15) is 30.9 Å². The van der Waals surface area contributed by atoms with Gasteiger partial charge in [-0.25, -0.2) is 4.39 Å². The van der Waals surface area contributed by atoms with Gasteiger partial charge in [-0.3, -0.25) is 4.79 Å². The Labute approximate surface area is 175 Å². The standard InChI is InChI=1S/C23H27FN2O4/c1-16(22(27)25-13-17-2-5-19(24)6-3-17)26-14-23(8-10-28-11-9-23)18-4-7-20-21(12-18)30-15-29-20/h2-7,12,16,26H,8-11,13-15H2,1H3,(H,25,27). The molecule has 0 aliphatic carbocycles. The second kappa shape index (κ2) is 9.02. The van der Waals surface area contributed by atoms with E-state index >= 15 is 0 Å². The highest BCUT2D eigenvalue weighted by Crippen LogP contribution is 2.40. The maximum absolute atomic E-state index is 13.0. The number of carbonyl (C=O) groups is 1. The molecule has 30 heavy (non-hydrogen) atoms. The molecule has 4 rings (SSSR count). The number of fused-ring (bicyclic) bond motifs is 1. The van der Waals surface area contributed by atoms with Gasteiger partial charge in [0.15, 0.2) is 11.5 Å². The fourth-order valence-corrected chi connectivity index (χ4v) is 3.94. The molecule has 0 bridgehead atoms. The lowest BCUT2D eigenvalue weighted by atomic mass is 9.74. The van der Waals surface area contributed by atoms with E-state index in [0.29, 0.717) is 26.3 Å². The lowest BCUT2D eigenvalue weighted by molar-refractivity contribution is -0.123. The maximum Gasteiger partial charge on any atom is 0.237 e. The molecule has 160 valence electrons. The van der Waals surface area contributed by atoms with Gasteiger partial charge in [0, 0.05) is 31.7 Å². The summed E-state index contributed by atoms with van der Waals surface area (Å²) in [5.74, 6) is 1.16. The van der Waals surface area contributed by atoms with Crippen molar-refractivity contribution >= 4 is 5.91 Å². The summed E-state index contributed by atoms with van der Waals surface area (Å²) in [6, 6.07) is 11.9. The van der Waals surface area contributed by atoms with E-state index < -0.39 is 0 Å². The first kappa shape index (κ1) is 20.6. The van der Waals surface area contributed by atoms with Crippen molar-refractivity contribution in [2.45, 2.75) is 37.8 Å². The fourth-order valence-electron chi connectivity index (χ4n) is 3.94. The Bertz CT molecular complexity index is 881. The van der Waals surface area contributed by atoms with Gasteiger partial charge >= 0.3 is 0 Å². The third-order valence-electron chi connectivity index (χ3n) is 5.95. The lowest BCUT2D eigenvalue weighted by Crippen LogP contribution is -2.49. The molecule has 0 saturated carbocycles. The van der Waals surface area contributed by atoms with Crippen molar-refractivity contribution in [2.75, 3.05) is 26.6 Å². The van der Waals surface area contributed by atoms with Crippen LogP contribution in [0, 0.1) is 5.82 Å². The van der Waals surface area contributed by atoms with Gasteiger partial charge in [-0.15, -0.1) is 0 Å². The minimum absolute atomic E-state index is 0.0905. The molecule has 2 aromatic rings. The van der Waals surface area contributed by atoms with Gasteiger partial charge in [-0.05, 0) is 55.2 Å².